The van der Waals surface area contributed by atoms with Gasteiger partial charge in [0.15, 0.2) is 11.6 Å². The summed E-state index contributed by atoms with van der Waals surface area (Å²) in [4.78, 5) is 14.9. The molecular formula is C21H23FN8. The van der Waals surface area contributed by atoms with Gasteiger partial charge in [0.05, 0.1) is 11.9 Å². The number of rotatable bonds is 8. The highest BCUT2D eigenvalue weighted by Gasteiger charge is 2.16. The Kier molecular flexibility index (Phi) is 5.92. The molecule has 0 saturated heterocycles. The number of likely N-dealkylation sites (N-methyl/N-ethyl adjacent to an activating group) is 1. The highest BCUT2D eigenvalue weighted by molar-refractivity contribution is 5.78. The van der Waals surface area contributed by atoms with E-state index in [-0.39, 0.29) is 0 Å². The lowest BCUT2D eigenvalue weighted by Gasteiger charge is -2.13. The lowest BCUT2D eigenvalue weighted by atomic mass is 10.2. The summed E-state index contributed by atoms with van der Waals surface area (Å²) in [5, 5.41) is 11.1. The number of anilines is 2. The second kappa shape index (κ2) is 8.93. The lowest BCUT2D eigenvalue weighted by molar-refractivity contribution is 0.400. The number of aromatic nitrogens is 5. The van der Waals surface area contributed by atoms with Gasteiger partial charge >= 0.3 is 0 Å². The van der Waals surface area contributed by atoms with Crippen molar-refractivity contribution in [2.45, 2.75) is 6.54 Å². The van der Waals surface area contributed by atoms with Crippen molar-refractivity contribution in [2.75, 3.05) is 32.5 Å². The standard InChI is InChI=1S/C21H23FN8/c1-29(2)12-10-24-13-15-7-11-30-19(15)21(26-17-6-9-23-14-16(17)22)27-20(28-30)18-5-3-4-8-25-18/h3-9,11,14,24H,10,12-13H2,1-2H3,(H,23,26,27,28). The molecule has 4 aromatic heterocycles. The topological polar surface area (TPSA) is 83.3 Å². The Balaban J connectivity index is 1.73. The molecule has 9 heteroatoms. The van der Waals surface area contributed by atoms with Crippen LogP contribution in [0.2, 0.25) is 0 Å². The normalized spacial score (nSPS) is 11.3. The molecule has 0 bridgehead atoms. The monoisotopic (exact) mass is 406 g/mol. The van der Waals surface area contributed by atoms with Gasteiger partial charge in [0.1, 0.15) is 11.2 Å². The van der Waals surface area contributed by atoms with Crippen LogP contribution >= 0.6 is 0 Å². The minimum atomic E-state index is -0.453. The Labute approximate surface area is 173 Å². The summed E-state index contributed by atoms with van der Waals surface area (Å²) in [7, 11) is 4.07. The maximum absolute atomic E-state index is 14.2. The predicted molar refractivity (Wildman–Crippen MR) is 114 cm³/mol. The second-order valence-electron chi connectivity index (χ2n) is 7.09. The third-order valence-electron chi connectivity index (χ3n) is 4.57. The molecule has 0 saturated carbocycles. The number of pyridine rings is 2. The zero-order valence-electron chi connectivity index (χ0n) is 16.9. The highest BCUT2D eigenvalue weighted by Crippen LogP contribution is 2.26. The third-order valence-corrected chi connectivity index (χ3v) is 4.57. The largest absolute Gasteiger partial charge is 0.336 e. The number of nitrogens with zero attached hydrogens (tertiary/aromatic N) is 6. The van der Waals surface area contributed by atoms with Crippen molar-refractivity contribution < 1.29 is 4.39 Å². The number of nitrogens with one attached hydrogen (secondary N) is 2. The van der Waals surface area contributed by atoms with E-state index in [0.717, 1.165) is 24.2 Å². The van der Waals surface area contributed by atoms with E-state index in [1.54, 1.807) is 16.8 Å². The molecule has 4 heterocycles. The quantitative estimate of drug-likeness (QED) is 0.435. The van der Waals surface area contributed by atoms with Crippen molar-refractivity contribution in [3.8, 4) is 11.5 Å². The molecule has 8 nitrogen and oxygen atoms in total. The first-order valence-corrected chi connectivity index (χ1v) is 9.63. The summed E-state index contributed by atoms with van der Waals surface area (Å²) < 4.78 is 16.0. The van der Waals surface area contributed by atoms with Gasteiger partial charge in [-0.25, -0.2) is 13.9 Å². The fourth-order valence-electron chi connectivity index (χ4n) is 3.05. The van der Waals surface area contributed by atoms with Gasteiger partial charge in [0.2, 0.25) is 5.82 Å². The summed E-state index contributed by atoms with van der Waals surface area (Å²) in [6, 6.07) is 9.11. The van der Waals surface area contributed by atoms with Crippen molar-refractivity contribution in [1.29, 1.82) is 0 Å². The molecule has 0 spiro atoms. The van der Waals surface area contributed by atoms with E-state index in [1.807, 2.05) is 44.6 Å². The molecule has 0 unspecified atom stereocenters. The number of hydrogen-bond donors (Lipinski definition) is 2. The van der Waals surface area contributed by atoms with Gasteiger partial charge in [-0.2, -0.15) is 0 Å². The van der Waals surface area contributed by atoms with Crippen LogP contribution in [-0.2, 0) is 6.54 Å². The molecule has 0 aliphatic heterocycles. The van der Waals surface area contributed by atoms with E-state index in [2.05, 4.69) is 35.6 Å². The summed E-state index contributed by atoms with van der Waals surface area (Å²) in [5.41, 5.74) is 2.73. The van der Waals surface area contributed by atoms with Crippen molar-refractivity contribution in [3.05, 3.63) is 66.5 Å². The van der Waals surface area contributed by atoms with Crippen LogP contribution in [0.4, 0.5) is 15.9 Å². The van der Waals surface area contributed by atoms with E-state index in [4.69, 9.17) is 0 Å². The van der Waals surface area contributed by atoms with Crippen molar-refractivity contribution in [2.24, 2.45) is 0 Å². The predicted octanol–water partition coefficient (Wildman–Crippen LogP) is 2.72. The minimum absolute atomic E-state index is 0.297. The molecule has 4 rings (SSSR count). The Bertz CT molecular complexity index is 1130. The van der Waals surface area contributed by atoms with Gasteiger partial charge in [-0.05, 0) is 43.9 Å². The first-order chi connectivity index (χ1) is 14.6. The van der Waals surface area contributed by atoms with Gasteiger partial charge in [0, 0.05) is 38.2 Å². The molecule has 0 atom stereocenters. The summed E-state index contributed by atoms with van der Waals surface area (Å²) >= 11 is 0. The average Bonchev–Trinajstić information content (AvgIpc) is 3.16. The van der Waals surface area contributed by atoms with Gasteiger partial charge < -0.3 is 15.5 Å². The fraction of sp³-hybridized carbons (Fsp3) is 0.238. The van der Waals surface area contributed by atoms with Crippen molar-refractivity contribution in [3.63, 3.8) is 0 Å². The van der Waals surface area contributed by atoms with E-state index in [1.165, 1.54) is 12.4 Å². The molecular weight excluding hydrogens is 383 g/mol. The van der Waals surface area contributed by atoms with Crippen LogP contribution in [0.25, 0.3) is 17.0 Å². The maximum Gasteiger partial charge on any atom is 0.200 e. The minimum Gasteiger partial charge on any atom is -0.336 e. The molecule has 0 aromatic carbocycles. The molecule has 0 fully saturated rings. The molecule has 0 aliphatic carbocycles. The van der Waals surface area contributed by atoms with Crippen LogP contribution in [0.1, 0.15) is 5.56 Å². The van der Waals surface area contributed by atoms with E-state index >= 15 is 0 Å². The van der Waals surface area contributed by atoms with Gasteiger partial charge in [-0.15, -0.1) is 5.10 Å². The molecule has 0 radical (unpaired) electrons. The van der Waals surface area contributed by atoms with E-state index in [0.29, 0.717) is 29.6 Å². The van der Waals surface area contributed by atoms with Crippen molar-refractivity contribution >= 4 is 17.0 Å². The average molecular weight is 406 g/mol. The fourth-order valence-corrected chi connectivity index (χ4v) is 3.05. The second-order valence-corrected chi connectivity index (χ2v) is 7.09. The zero-order chi connectivity index (χ0) is 20.9. The highest BCUT2D eigenvalue weighted by atomic mass is 19.1. The van der Waals surface area contributed by atoms with Crippen LogP contribution in [0.3, 0.4) is 0 Å². The first-order valence-electron chi connectivity index (χ1n) is 9.63. The van der Waals surface area contributed by atoms with Gasteiger partial charge in [-0.1, -0.05) is 6.07 Å². The summed E-state index contributed by atoms with van der Waals surface area (Å²) in [6.07, 6.45) is 6.27. The SMILES string of the molecule is CN(C)CCNCc1ccn2nc(-c3ccccn3)nc(Nc3ccncc3F)c12. The summed E-state index contributed by atoms with van der Waals surface area (Å²) in [6.45, 7) is 2.42. The van der Waals surface area contributed by atoms with E-state index < -0.39 is 5.82 Å². The summed E-state index contributed by atoms with van der Waals surface area (Å²) in [5.74, 6) is 0.499. The number of hydrogen-bond acceptors (Lipinski definition) is 7. The third kappa shape index (κ3) is 4.42. The number of fused-ring (bicyclic) bond motifs is 1. The molecule has 4 aromatic rings. The lowest BCUT2D eigenvalue weighted by Crippen LogP contribution is -2.26. The van der Waals surface area contributed by atoms with Crippen LogP contribution in [0.5, 0.6) is 0 Å². The Hall–Kier alpha value is -3.43. The van der Waals surface area contributed by atoms with Crippen LogP contribution in [0, 0.1) is 5.82 Å². The van der Waals surface area contributed by atoms with Crippen LogP contribution < -0.4 is 10.6 Å². The smallest absolute Gasteiger partial charge is 0.200 e. The maximum atomic E-state index is 14.2. The molecule has 0 amide bonds. The molecule has 30 heavy (non-hydrogen) atoms. The van der Waals surface area contributed by atoms with E-state index in [9.17, 15) is 4.39 Å². The van der Waals surface area contributed by atoms with Crippen LogP contribution in [0.15, 0.2) is 55.1 Å². The van der Waals surface area contributed by atoms with Crippen LogP contribution in [-0.4, -0.2) is 56.7 Å². The Morgan fingerprint density at radius 2 is 2.03 bits per heavy atom. The number of halogens is 1. The zero-order valence-corrected chi connectivity index (χ0v) is 16.9. The molecule has 2 N–H and O–H groups in total. The Morgan fingerprint density at radius 3 is 2.80 bits per heavy atom. The molecule has 0 aliphatic rings. The van der Waals surface area contributed by atoms with Gasteiger partial charge in [0.25, 0.3) is 0 Å². The van der Waals surface area contributed by atoms with Crippen molar-refractivity contribution in [1.82, 2.24) is 34.8 Å². The molecule has 154 valence electrons. The van der Waals surface area contributed by atoms with Gasteiger partial charge in [-0.3, -0.25) is 9.97 Å². The Morgan fingerprint density at radius 1 is 1.13 bits per heavy atom. The first kappa shape index (κ1) is 19.9.